The minimum atomic E-state index is -2.03. The molecule has 0 fully saturated rings. The molecular weight excluding hydrogens is 1290 g/mol. The second-order valence-electron chi connectivity index (χ2n) is 11.0. The van der Waals surface area contributed by atoms with Gasteiger partial charge in [0, 0.05) is 32.1 Å². The summed E-state index contributed by atoms with van der Waals surface area (Å²) in [7, 11) is -2.03. The molecule has 3 heterocycles. The van der Waals surface area contributed by atoms with Crippen LogP contribution in [0.25, 0.3) is 33.8 Å². The van der Waals surface area contributed by atoms with E-state index in [-0.39, 0.29) is 27.3 Å². The van der Waals surface area contributed by atoms with E-state index in [1.54, 1.807) is 0 Å². The van der Waals surface area contributed by atoms with Gasteiger partial charge in [0.25, 0.3) is 0 Å². The molecule has 17 heteroatoms. The van der Waals surface area contributed by atoms with Crippen LogP contribution in [0.5, 0.6) is 0 Å². The Morgan fingerprint density at radius 2 is 0.725 bits per heavy atom. The number of rotatable bonds is 6. The number of hydrogen-bond acceptors (Lipinski definition) is 3. The number of hydrogen-bond donors (Lipinski definition) is 0. The van der Waals surface area contributed by atoms with Gasteiger partial charge < -0.3 is 13.8 Å². The molecule has 256 valence electrons. The first-order chi connectivity index (χ1) is 23.9. The Labute approximate surface area is 380 Å². The van der Waals surface area contributed by atoms with Crippen LogP contribution in [0.3, 0.4) is 0 Å². The van der Waals surface area contributed by atoms with E-state index in [9.17, 15) is 0 Å². The van der Waals surface area contributed by atoms with Crippen molar-refractivity contribution in [3.63, 3.8) is 0 Å². The maximum atomic E-state index is 6.27. The van der Waals surface area contributed by atoms with Crippen LogP contribution in [0.4, 0.5) is 0 Å². The molecule has 0 aliphatic rings. The molecule has 4 aromatic carbocycles. The van der Waals surface area contributed by atoms with Crippen molar-refractivity contribution < 1.29 is 0 Å². The molecule has 0 saturated heterocycles. The molecule has 51 heavy (non-hydrogen) atoms. The summed E-state index contributed by atoms with van der Waals surface area (Å²) in [5.41, 5.74) is 6.41. The van der Waals surface area contributed by atoms with Crippen molar-refractivity contribution in [3.8, 4) is 33.8 Å². The number of aromatic nitrogens is 6. The molecule has 0 aliphatic carbocycles. The van der Waals surface area contributed by atoms with E-state index in [1.165, 1.54) is 5.56 Å². The van der Waals surface area contributed by atoms with Crippen LogP contribution in [0.1, 0.15) is 5.56 Å². The standard InChI is InChI=1S/C27H13BBr6Cl3N6.C7H8.Tl/c29-19-22(13-1-7-16(35)8-2-13)41(38-25(19)32)28(42-23(20(30)26(33)39-42)14-3-9-17(36)10-4-14)43-24(21(31)27(34)40-43)15-5-11-18(37)12-6-15;1-7-5-3-2-4-6-7;/h1-12,28H;2-6H,1H3;/q-1;;+1. The summed E-state index contributed by atoms with van der Waals surface area (Å²) in [6, 6.07) is 33.1. The Morgan fingerprint density at radius 3 is 0.961 bits per heavy atom. The van der Waals surface area contributed by atoms with Crippen molar-refractivity contribution in [1.29, 1.82) is 0 Å². The summed E-state index contributed by atoms with van der Waals surface area (Å²) in [6.45, 7) is 2.08. The van der Waals surface area contributed by atoms with E-state index < -0.39 is 7.12 Å². The predicted octanol–water partition coefficient (Wildman–Crippen LogP) is 13.1. The van der Waals surface area contributed by atoms with Gasteiger partial charge in [-0.3, -0.25) is 0 Å². The molecular formula is C34H21BBr6Cl3N6Tl. The van der Waals surface area contributed by atoms with Crippen molar-refractivity contribution in [2.75, 3.05) is 0 Å². The normalized spacial score (nSPS) is 11.0. The summed E-state index contributed by atoms with van der Waals surface area (Å²) in [6.07, 6.45) is 0. The van der Waals surface area contributed by atoms with Gasteiger partial charge in [-0.1, -0.05) is 107 Å². The largest absolute Gasteiger partial charge is 1.00 e. The second kappa shape index (κ2) is 18.3. The van der Waals surface area contributed by atoms with Gasteiger partial charge in [-0.15, -0.1) is 0 Å². The zero-order valence-corrected chi connectivity index (χ0v) is 42.5. The Bertz CT molecular complexity index is 2060. The topological polar surface area (TPSA) is 53.5 Å². The Morgan fingerprint density at radius 1 is 0.451 bits per heavy atom. The van der Waals surface area contributed by atoms with E-state index in [1.807, 2.05) is 105 Å². The van der Waals surface area contributed by atoms with Gasteiger partial charge >= 0.3 is 34.4 Å². The average molecular weight is 1310 g/mol. The van der Waals surface area contributed by atoms with Crippen LogP contribution in [-0.4, -0.2) is 63.5 Å². The maximum absolute atomic E-state index is 6.27. The zero-order chi connectivity index (χ0) is 35.7. The number of benzene rings is 4. The molecule has 0 bridgehead atoms. The van der Waals surface area contributed by atoms with Gasteiger partial charge in [-0.05, 0) is 156 Å². The summed E-state index contributed by atoms with van der Waals surface area (Å²) < 4.78 is 9.97. The smallest absolute Gasteiger partial charge is 0.394 e. The van der Waals surface area contributed by atoms with Crippen LogP contribution in [-0.2, 0) is 0 Å². The fourth-order valence-electron chi connectivity index (χ4n) is 5.41. The third-order valence-electron chi connectivity index (χ3n) is 7.66. The van der Waals surface area contributed by atoms with Crippen molar-refractivity contribution in [3.05, 3.63) is 151 Å². The fraction of sp³-hybridized carbons (Fsp3) is 0.0294. The molecule has 0 amide bonds. The van der Waals surface area contributed by atoms with E-state index in [4.69, 9.17) is 50.1 Å². The molecule has 0 spiro atoms. The van der Waals surface area contributed by atoms with E-state index >= 15 is 0 Å². The molecule has 6 nitrogen and oxygen atoms in total. The van der Waals surface area contributed by atoms with Crippen LogP contribution < -0.4 is 0 Å². The van der Waals surface area contributed by atoms with E-state index in [2.05, 4.69) is 115 Å². The van der Waals surface area contributed by atoms with Crippen molar-refractivity contribution in [2.24, 2.45) is 0 Å². The molecule has 0 N–H and O–H groups in total. The van der Waals surface area contributed by atoms with Gasteiger partial charge in [0.1, 0.15) is 13.8 Å². The van der Waals surface area contributed by atoms with Crippen LogP contribution in [0.15, 0.2) is 130 Å². The SMILES string of the molecule is Cc1ccccc1.Clc1ccc(-c2c(Br)c(Br)nn2[BH-](n2nc(Br)c(Br)c2-c2ccc(Cl)cc2)n2nc(Br)c(Br)c2-c2ccc(Cl)cc2)cc1.[Tl+]. The molecule has 7 rings (SSSR count). The molecule has 0 saturated carbocycles. The first-order valence-corrected chi connectivity index (χ1v) is 20.6. The minimum Gasteiger partial charge on any atom is -0.394 e. The van der Waals surface area contributed by atoms with Crippen molar-refractivity contribution >= 4 is 165 Å². The van der Waals surface area contributed by atoms with E-state index in [0.717, 1.165) is 47.2 Å². The van der Waals surface area contributed by atoms with Gasteiger partial charge in [-0.2, -0.15) is 0 Å². The zero-order valence-electron chi connectivity index (χ0n) is 26.2. The third-order valence-corrected chi connectivity index (χ3v) is 13.9. The predicted molar refractivity (Wildman–Crippen MR) is 234 cm³/mol. The Hall–Kier alpha value is -0.753. The summed E-state index contributed by atoms with van der Waals surface area (Å²) in [5, 5.41) is 16.9. The Balaban J connectivity index is 0.000000565. The van der Waals surface area contributed by atoms with Gasteiger partial charge in [0.05, 0.1) is 13.4 Å². The van der Waals surface area contributed by atoms with Crippen molar-refractivity contribution in [2.45, 2.75) is 6.92 Å². The maximum Gasteiger partial charge on any atom is 1.00 e. The first-order valence-electron chi connectivity index (χ1n) is 14.7. The molecule has 0 atom stereocenters. The summed E-state index contributed by atoms with van der Waals surface area (Å²) >= 11 is 41.1. The molecule has 0 radical (unpaired) electrons. The number of halogens is 9. The monoisotopic (exact) mass is 1310 g/mol. The summed E-state index contributed by atoms with van der Waals surface area (Å²) in [4.78, 5) is 0. The molecule has 3 aromatic heterocycles. The second-order valence-corrected chi connectivity index (χ2v) is 16.9. The quantitative estimate of drug-likeness (QED) is 0.156. The van der Waals surface area contributed by atoms with Crippen LogP contribution in [0.2, 0.25) is 15.1 Å². The van der Waals surface area contributed by atoms with Gasteiger partial charge in [0.15, 0.2) is 0 Å². The van der Waals surface area contributed by atoms with Gasteiger partial charge in [-0.25, -0.2) is 15.3 Å². The summed E-state index contributed by atoms with van der Waals surface area (Å²) in [5.74, 6) is 0. The van der Waals surface area contributed by atoms with Gasteiger partial charge in [0.2, 0.25) is 0 Å². The van der Waals surface area contributed by atoms with E-state index in [0.29, 0.717) is 28.9 Å². The van der Waals surface area contributed by atoms with Crippen molar-refractivity contribution in [1.82, 2.24) is 29.1 Å². The minimum absolute atomic E-state index is 0. The fourth-order valence-corrected chi connectivity index (χ4v) is 8.47. The number of aryl methyl sites for hydroxylation is 1. The third kappa shape index (κ3) is 9.21. The van der Waals surface area contributed by atoms with Crippen LogP contribution in [0, 0.1) is 6.92 Å². The molecule has 0 unspecified atom stereocenters. The molecule has 7 aromatic rings. The molecule has 0 aliphatic heterocycles. The van der Waals surface area contributed by atoms with Crippen LogP contribution >= 0.6 is 130 Å². The number of nitrogens with zero attached hydrogens (tertiary/aromatic N) is 6. The first kappa shape index (κ1) is 41.4. The Kier molecular flexibility index (Phi) is 14.8. The average Bonchev–Trinajstić information content (AvgIpc) is 3.68.